The van der Waals surface area contributed by atoms with Gasteiger partial charge in [0.05, 0.1) is 18.7 Å². The van der Waals surface area contributed by atoms with Crippen LogP contribution in [-0.2, 0) is 44.7 Å². The Bertz CT molecular complexity index is 3040. The Morgan fingerprint density at radius 2 is 1.53 bits per heavy atom. The fraction of sp³-hybridized carbons (Fsp3) is 0.429. The fourth-order valence-electron chi connectivity index (χ4n) is 9.77. The maximum Gasteiger partial charge on any atom is 0.246 e. The third-order valence-electron chi connectivity index (χ3n) is 14.0. The van der Waals surface area contributed by atoms with Gasteiger partial charge in [0.25, 0.3) is 0 Å². The molecule has 406 valence electrons. The van der Waals surface area contributed by atoms with Crippen molar-refractivity contribution in [3.8, 4) is 16.1 Å². The molecule has 21 heteroatoms. The summed E-state index contributed by atoms with van der Waals surface area (Å²) in [5.74, 6) is -2.88. The predicted molar refractivity (Wildman–Crippen MR) is 293 cm³/mol. The van der Waals surface area contributed by atoms with Gasteiger partial charge in [0.15, 0.2) is 5.82 Å². The van der Waals surface area contributed by atoms with Crippen LogP contribution < -0.4 is 31.9 Å². The summed E-state index contributed by atoms with van der Waals surface area (Å²) in [7, 11) is 0. The first-order chi connectivity index (χ1) is 36.7. The molecule has 6 atom stereocenters. The quantitative estimate of drug-likeness (QED) is 0.125. The minimum absolute atomic E-state index is 0.0937. The van der Waals surface area contributed by atoms with Crippen molar-refractivity contribution in [2.45, 2.75) is 117 Å². The molecule has 2 fully saturated rings. The van der Waals surface area contributed by atoms with E-state index in [1.54, 1.807) is 23.5 Å². The molecular weight excluding hydrogens is 1020 g/mol. The largest absolute Gasteiger partial charge is 0.370 e. The van der Waals surface area contributed by atoms with E-state index in [9.17, 15) is 33.6 Å². The lowest BCUT2D eigenvalue weighted by Gasteiger charge is -2.35. The summed E-state index contributed by atoms with van der Waals surface area (Å²) < 4.78 is 7.55. The highest BCUT2D eigenvalue weighted by molar-refractivity contribution is 7.15. The van der Waals surface area contributed by atoms with Crippen molar-refractivity contribution in [2.24, 2.45) is 10.4 Å². The number of carbonyl (C=O) groups is 7. The molecule has 7 amide bonds. The number of thiophene rings is 1. The van der Waals surface area contributed by atoms with Gasteiger partial charge >= 0.3 is 0 Å². The molecule has 8 rings (SSSR count). The van der Waals surface area contributed by atoms with Crippen molar-refractivity contribution < 1.29 is 38.3 Å². The highest BCUT2D eigenvalue weighted by Gasteiger charge is 2.43. The number of nitrogens with one attached hydrogen (secondary N) is 6. The van der Waals surface area contributed by atoms with Gasteiger partial charge in [-0.1, -0.05) is 99.1 Å². The molecule has 1 unspecified atom stereocenters. The molecule has 0 saturated carbocycles. The second-order valence-electron chi connectivity index (χ2n) is 20.8. The van der Waals surface area contributed by atoms with Crippen LogP contribution in [0.15, 0.2) is 83.9 Å². The Balaban J connectivity index is 1.02. The van der Waals surface area contributed by atoms with Gasteiger partial charge < -0.3 is 41.5 Å². The first-order valence-electron chi connectivity index (χ1n) is 25.9. The summed E-state index contributed by atoms with van der Waals surface area (Å²) in [6.45, 7) is 12.1. The normalized spacial score (nSPS) is 22.3. The Morgan fingerprint density at radius 3 is 2.25 bits per heavy atom. The lowest BCUT2D eigenvalue weighted by molar-refractivity contribution is -0.144. The van der Waals surface area contributed by atoms with Crippen molar-refractivity contribution in [3.05, 3.63) is 123 Å². The van der Waals surface area contributed by atoms with Gasteiger partial charge in [-0.2, -0.15) is 0 Å². The fourth-order valence-corrected chi connectivity index (χ4v) is 11.1. The van der Waals surface area contributed by atoms with Crippen LogP contribution in [-0.4, -0.2) is 130 Å². The van der Waals surface area contributed by atoms with Crippen LogP contribution in [0.25, 0.3) is 16.1 Å². The Morgan fingerprint density at radius 1 is 0.831 bits per heavy atom. The minimum atomic E-state index is -1.35. The summed E-state index contributed by atoms with van der Waals surface area (Å²) in [6, 6.07) is 18.9. The summed E-state index contributed by atoms with van der Waals surface area (Å²) >= 11 is 7.87. The number of aromatic nitrogens is 3. The molecule has 0 aliphatic carbocycles. The summed E-state index contributed by atoms with van der Waals surface area (Å²) in [5, 5.41) is 27.1. The van der Waals surface area contributed by atoms with E-state index in [4.69, 9.17) is 21.3 Å². The molecular formula is C56H66ClN11O8S. The molecule has 3 aliphatic rings. The predicted octanol–water partition coefficient (Wildman–Crippen LogP) is 4.75. The monoisotopic (exact) mass is 1090 g/mol. The molecule has 5 aromatic rings. The first-order valence-corrected chi connectivity index (χ1v) is 27.1. The van der Waals surface area contributed by atoms with Crippen LogP contribution in [0.3, 0.4) is 0 Å². The Labute approximate surface area is 456 Å². The number of aliphatic imine (C=N–C) groups is 1. The van der Waals surface area contributed by atoms with E-state index in [0.717, 1.165) is 43.3 Å². The van der Waals surface area contributed by atoms with Crippen LogP contribution >= 0.6 is 22.9 Å². The van der Waals surface area contributed by atoms with E-state index in [0.29, 0.717) is 41.8 Å². The van der Waals surface area contributed by atoms with Crippen LogP contribution in [0.5, 0.6) is 0 Å². The summed E-state index contributed by atoms with van der Waals surface area (Å²) in [4.78, 5) is 106. The number of ether oxygens (including phenoxy) is 1. The van der Waals surface area contributed by atoms with Crippen molar-refractivity contribution in [3.63, 3.8) is 0 Å². The molecule has 5 heterocycles. The molecule has 6 N–H and O–H groups in total. The third kappa shape index (κ3) is 13.5. The van der Waals surface area contributed by atoms with Crippen LogP contribution in [0.2, 0.25) is 5.02 Å². The van der Waals surface area contributed by atoms with E-state index >= 15 is 0 Å². The molecule has 0 spiro atoms. The maximum absolute atomic E-state index is 14.3. The van der Waals surface area contributed by atoms with Gasteiger partial charge in [-0.3, -0.25) is 43.1 Å². The van der Waals surface area contributed by atoms with Gasteiger partial charge in [-0.15, -0.1) is 21.5 Å². The number of carbonyl (C=O) groups excluding carboxylic acids is 7. The van der Waals surface area contributed by atoms with E-state index in [2.05, 4.69) is 42.1 Å². The van der Waals surface area contributed by atoms with Gasteiger partial charge in [0.2, 0.25) is 41.4 Å². The van der Waals surface area contributed by atoms with E-state index in [-0.39, 0.29) is 39.0 Å². The lowest BCUT2D eigenvalue weighted by atomic mass is 9.85. The average molecular weight is 1090 g/mol. The highest BCUT2D eigenvalue weighted by atomic mass is 35.5. The van der Waals surface area contributed by atoms with Gasteiger partial charge in [-0.25, -0.2) is 0 Å². The second kappa shape index (κ2) is 24.4. The topological polar surface area (TPSA) is 247 Å². The minimum Gasteiger partial charge on any atom is -0.370 e. The molecule has 3 aromatic carbocycles. The van der Waals surface area contributed by atoms with E-state index in [1.165, 1.54) is 11.8 Å². The van der Waals surface area contributed by atoms with Crippen LogP contribution in [0.1, 0.15) is 98.2 Å². The molecule has 0 radical (unpaired) electrons. The third-order valence-corrected chi connectivity index (χ3v) is 15.4. The van der Waals surface area contributed by atoms with Crippen molar-refractivity contribution in [1.82, 2.24) is 51.6 Å². The summed E-state index contributed by atoms with van der Waals surface area (Å²) in [5.41, 5.74) is 5.43. The van der Waals surface area contributed by atoms with E-state index < -0.39 is 89.6 Å². The zero-order valence-corrected chi connectivity index (χ0v) is 45.9. The molecule has 2 saturated heterocycles. The molecule has 2 aromatic heterocycles. The number of amides is 7. The number of benzene rings is 3. The highest BCUT2D eigenvalue weighted by Crippen LogP contribution is 2.40. The SMILES string of the molecule is Cc1sc2c(c1C)C(c1ccc(Cl)cc1)=N[C@@H](CC(=O)NC[C@H]1NC(=O)[C@@H](C)NC(=O)C[C@@H](Cc3ccc(-c4ccccc4)cc3)NC(=O)[C@@H]3CCCN3C(=O)C(C(C)(C)C)NC(=O)COCCNC1=O)c1nnc(C)n1-2. The number of hydrogen-bond donors (Lipinski definition) is 6. The molecule has 0 bridgehead atoms. The molecule has 19 nitrogen and oxygen atoms in total. The van der Waals surface area contributed by atoms with Crippen molar-refractivity contribution in [1.29, 1.82) is 0 Å². The second-order valence-corrected chi connectivity index (χ2v) is 22.5. The van der Waals surface area contributed by atoms with Gasteiger partial charge in [0, 0.05) is 53.1 Å². The zero-order valence-electron chi connectivity index (χ0n) is 44.3. The smallest absolute Gasteiger partial charge is 0.246 e. The molecule has 3 aliphatic heterocycles. The zero-order chi connectivity index (χ0) is 55.1. The van der Waals surface area contributed by atoms with Crippen molar-refractivity contribution >= 4 is 70.0 Å². The first kappa shape index (κ1) is 55.9. The van der Waals surface area contributed by atoms with Crippen LogP contribution in [0, 0.1) is 26.2 Å². The molecule has 77 heavy (non-hydrogen) atoms. The van der Waals surface area contributed by atoms with Gasteiger partial charge in [0.1, 0.15) is 47.6 Å². The number of fused-ring (bicyclic) bond motifs is 4. The van der Waals surface area contributed by atoms with E-state index in [1.807, 2.05) is 113 Å². The number of aryl methyl sites for hydroxylation is 2. The van der Waals surface area contributed by atoms with Crippen molar-refractivity contribution in [2.75, 3.05) is 32.8 Å². The number of halogens is 1. The standard InChI is InChI=1S/C56H66ClN11O8S/c1-31-33(3)77-55-47(31)48(38-19-21-39(57)22-20-38)62-41(50-66-65-34(4)68(50)55)28-44(69)59-29-42-52(73)58-23-25-76-30-46(71)64-49(56(5,6)7)54(75)67-24-11-14-43(67)53(74)61-40(27-45(70)60-32(2)51(72)63-42)26-35-15-17-37(18-16-35)36-12-9-8-10-13-36/h8-10,12-13,15-22,32,40-43,49H,11,14,23-30H2,1-7H3,(H,58,73)(H,59,69)(H,60,70)(H,61,74)(H,63,72)(H,64,71)/t32-,40-,41+,42-,43+,49?/m1/s1. The number of hydrogen-bond acceptors (Lipinski definition) is 12. The van der Waals surface area contributed by atoms with Gasteiger partial charge in [-0.05, 0) is 86.8 Å². The number of rotatable bonds is 8. The maximum atomic E-state index is 14.3. The lowest BCUT2D eigenvalue weighted by Crippen LogP contribution is -2.59. The number of nitrogens with zero attached hydrogens (tertiary/aromatic N) is 5. The average Bonchev–Trinajstić information content (AvgIpc) is 4.17. The van der Waals surface area contributed by atoms with Crippen LogP contribution in [0.4, 0.5) is 0 Å². The Kier molecular flexibility index (Phi) is 17.7. The summed E-state index contributed by atoms with van der Waals surface area (Å²) in [6.07, 6.45) is 0.710. The Hall–Kier alpha value is -7.29.